The maximum atomic E-state index is 3.53. The molecule has 0 unspecified atom stereocenters. The summed E-state index contributed by atoms with van der Waals surface area (Å²) in [6.07, 6.45) is 2.18. The van der Waals surface area contributed by atoms with Gasteiger partial charge in [-0.3, -0.25) is 0 Å². The normalized spacial score (nSPS) is 11.2. The third kappa shape index (κ3) is 3.64. The first kappa shape index (κ1) is 14.2. The van der Waals surface area contributed by atoms with E-state index in [0.29, 0.717) is 0 Å². The number of hydrogen-bond acceptors (Lipinski definition) is 1. The van der Waals surface area contributed by atoms with Crippen LogP contribution in [-0.2, 0) is 0 Å². The van der Waals surface area contributed by atoms with Crippen LogP contribution in [0.15, 0.2) is 84.9 Å². The number of hydrogen-bond donors (Lipinski definition) is 1. The second-order valence-corrected chi connectivity index (χ2v) is 5.33. The van der Waals surface area contributed by atoms with Crippen molar-refractivity contribution in [1.29, 1.82) is 0 Å². The summed E-state index contributed by atoms with van der Waals surface area (Å²) < 4.78 is 0. The topological polar surface area (TPSA) is 12.0 Å². The average Bonchev–Trinajstić information content (AvgIpc) is 2.58. The molecule has 0 atom stereocenters. The summed E-state index contributed by atoms with van der Waals surface area (Å²) in [5.41, 5.74) is 5.80. The fraction of sp³-hybridized carbons (Fsp3) is 0.0476. The molecule has 3 rings (SSSR count). The van der Waals surface area contributed by atoms with Crippen molar-refractivity contribution in [3.63, 3.8) is 0 Å². The van der Waals surface area contributed by atoms with Gasteiger partial charge in [-0.05, 0) is 36.3 Å². The van der Waals surface area contributed by atoms with Crippen LogP contribution < -0.4 is 5.32 Å². The molecular weight excluding hydrogens is 266 g/mol. The number of rotatable bonds is 4. The van der Waals surface area contributed by atoms with Gasteiger partial charge in [-0.1, -0.05) is 78.4 Å². The maximum absolute atomic E-state index is 3.53. The zero-order valence-electron chi connectivity index (χ0n) is 12.7. The van der Waals surface area contributed by atoms with Gasteiger partial charge >= 0.3 is 0 Å². The van der Waals surface area contributed by atoms with E-state index in [4.69, 9.17) is 0 Å². The lowest BCUT2D eigenvalue weighted by atomic mass is 10.1. The zero-order valence-corrected chi connectivity index (χ0v) is 12.7. The van der Waals surface area contributed by atoms with E-state index in [1.54, 1.807) is 0 Å². The summed E-state index contributed by atoms with van der Waals surface area (Å²) >= 11 is 0. The molecule has 0 saturated carbocycles. The number of anilines is 1. The minimum atomic E-state index is 1.09. The summed E-state index contributed by atoms with van der Waals surface area (Å²) in [5.74, 6) is 0. The maximum Gasteiger partial charge on any atom is 0.0463 e. The second kappa shape index (κ2) is 6.77. The molecule has 0 amide bonds. The first-order valence-corrected chi connectivity index (χ1v) is 7.47. The summed E-state index contributed by atoms with van der Waals surface area (Å²) in [6, 6.07) is 29.2. The van der Waals surface area contributed by atoms with E-state index in [2.05, 4.69) is 91.1 Å². The second-order valence-electron chi connectivity index (χ2n) is 5.33. The van der Waals surface area contributed by atoms with E-state index in [-0.39, 0.29) is 0 Å². The van der Waals surface area contributed by atoms with E-state index >= 15 is 0 Å². The lowest BCUT2D eigenvalue weighted by molar-refractivity contribution is 1.45. The van der Waals surface area contributed by atoms with Gasteiger partial charge in [-0.15, -0.1) is 0 Å². The fourth-order valence-corrected chi connectivity index (χ4v) is 2.32. The van der Waals surface area contributed by atoms with Crippen molar-refractivity contribution in [2.75, 3.05) is 5.32 Å². The summed E-state index contributed by atoms with van der Waals surface area (Å²) in [5, 5.41) is 3.53. The molecule has 1 nitrogen and oxygen atoms in total. The van der Waals surface area contributed by atoms with Gasteiger partial charge in [0, 0.05) is 11.4 Å². The van der Waals surface area contributed by atoms with Gasteiger partial charge < -0.3 is 5.32 Å². The van der Waals surface area contributed by atoms with Crippen LogP contribution >= 0.6 is 0 Å². The zero-order chi connectivity index (χ0) is 15.2. The highest BCUT2D eigenvalue weighted by Gasteiger charge is 2.02. The predicted molar refractivity (Wildman–Crippen MR) is 95.6 cm³/mol. The first-order chi connectivity index (χ1) is 10.8. The van der Waals surface area contributed by atoms with Crippen molar-refractivity contribution in [1.82, 2.24) is 0 Å². The molecule has 108 valence electrons. The van der Waals surface area contributed by atoms with Gasteiger partial charge in [0.2, 0.25) is 0 Å². The number of nitrogens with one attached hydrogen (secondary N) is 1. The molecule has 0 aliphatic carbocycles. The van der Waals surface area contributed by atoms with Crippen molar-refractivity contribution in [2.45, 2.75) is 6.92 Å². The van der Waals surface area contributed by atoms with Gasteiger partial charge in [0.1, 0.15) is 0 Å². The van der Waals surface area contributed by atoms with Gasteiger partial charge in [-0.2, -0.15) is 0 Å². The molecule has 0 aliphatic rings. The molecule has 0 bridgehead atoms. The molecule has 3 aromatic rings. The van der Waals surface area contributed by atoms with E-state index in [1.807, 2.05) is 12.1 Å². The van der Waals surface area contributed by atoms with Crippen LogP contribution in [0.4, 0.5) is 5.69 Å². The number of aryl methyl sites for hydroxylation is 1. The van der Waals surface area contributed by atoms with Gasteiger partial charge in [0.05, 0.1) is 0 Å². The van der Waals surface area contributed by atoms with Gasteiger partial charge in [0.15, 0.2) is 0 Å². The molecule has 0 spiro atoms. The highest BCUT2D eigenvalue weighted by molar-refractivity contribution is 5.88. The molecular formula is C21H19N. The molecule has 0 saturated heterocycles. The van der Waals surface area contributed by atoms with E-state index in [0.717, 1.165) is 11.4 Å². The Bertz CT molecular complexity index is 741. The van der Waals surface area contributed by atoms with E-state index in [1.165, 1.54) is 16.7 Å². The van der Waals surface area contributed by atoms with Crippen LogP contribution in [0.5, 0.6) is 0 Å². The van der Waals surface area contributed by atoms with Crippen molar-refractivity contribution < 1.29 is 0 Å². The van der Waals surface area contributed by atoms with Crippen LogP contribution in [-0.4, -0.2) is 0 Å². The Morgan fingerprint density at radius 2 is 1.32 bits per heavy atom. The third-order valence-corrected chi connectivity index (χ3v) is 3.53. The molecule has 0 radical (unpaired) electrons. The molecule has 0 fully saturated rings. The lowest BCUT2D eigenvalue weighted by Gasteiger charge is -2.12. The lowest BCUT2D eigenvalue weighted by Crippen LogP contribution is -1.98. The predicted octanol–water partition coefficient (Wildman–Crippen LogP) is 5.61. The van der Waals surface area contributed by atoms with Crippen LogP contribution in [0.25, 0.3) is 11.8 Å². The SMILES string of the molecule is Cc1ccc(NC(=Cc2ccccc2)c2ccccc2)cc1. The summed E-state index contributed by atoms with van der Waals surface area (Å²) in [4.78, 5) is 0. The van der Waals surface area contributed by atoms with Crippen LogP contribution in [0.1, 0.15) is 16.7 Å². The Morgan fingerprint density at radius 1 is 0.727 bits per heavy atom. The molecule has 22 heavy (non-hydrogen) atoms. The third-order valence-electron chi connectivity index (χ3n) is 3.53. The quantitative estimate of drug-likeness (QED) is 0.615. The van der Waals surface area contributed by atoms with Crippen molar-refractivity contribution in [2.24, 2.45) is 0 Å². The minimum absolute atomic E-state index is 1.09. The highest BCUT2D eigenvalue weighted by atomic mass is 14.9. The van der Waals surface area contributed by atoms with Gasteiger partial charge in [0.25, 0.3) is 0 Å². The first-order valence-electron chi connectivity index (χ1n) is 7.47. The van der Waals surface area contributed by atoms with Crippen LogP contribution in [0.3, 0.4) is 0 Å². The summed E-state index contributed by atoms with van der Waals surface area (Å²) in [6.45, 7) is 2.10. The van der Waals surface area contributed by atoms with Crippen molar-refractivity contribution in [3.05, 3.63) is 102 Å². The molecule has 1 heteroatoms. The standard InChI is InChI=1S/C21H19N/c1-17-12-14-20(15-13-17)22-21(19-10-6-3-7-11-19)16-18-8-4-2-5-9-18/h2-16,22H,1H3. The average molecular weight is 285 g/mol. The van der Waals surface area contributed by atoms with Crippen LogP contribution in [0.2, 0.25) is 0 Å². The Morgan fingerprint density at radius 3 is 1.95 bits per heavy atom. The fourth-order valence-electron chi connectivity index (χ4n) is 2.32. The van der Waals surface area contributed by atoms with Crippen molar-refractivity contribution in [3.8, 4) is 0 Å². The largest absolute Gasteiger partial charge is 0.355 e. The van der Waals surface area contributed by atoms with Crippen molar-refractivity contribution >= 4 is 17.5 Å². The Hall–Kier alpha value is -2.80. The molecule has 0 heterocycles. The van der Waals surface area contributed by atoms with Gasteiger partial charge in [-0.25, -0.2) is 0 Å². The molecule has 1 N–H and O–H groups in total. The van der Waals surface area contributed by atoms with E-state index in [9.17, 15) is 0 Å². The molecule has 3 aromatic carbocycles. The number of benzene rings is 3. The minimum Gasteiger partial charge on any atom is -0.355 e. The molecule has 0 aromatic heterocycles. The molecule has 0 aliphatic heterocycles. The Balaban J connectivity index is 1.96. The highest BCUT2D eigenvalue weighted by Crippen LogP contribution is 2.21. The van der Waals surface area contributed by atoms with E-state index < -0.39 is 0 Å². The summed E-state index contributed by atoms with van der Waals surface area (Å²) in [7, 11) is 0. The Labute approximate surface area is 132 Å². The van der Waals surface area contributed by atoms with Crippen LogP contribution in [0, 0.1) is 6.92 Å². The smallest absolute Gasteiger partial charge is 0.0463 e. The Kier molecular flexibility index (Phi) is 4.35. The monoisotopic (exact) mass is 285 g/mol.